The smallest absolute Gasteiger partial charge is 0.324 e. The molecule has 2 saturated heterocycles. The first-order chi connectivity index (χ1) is 27.8. The number of carbonyl (C=O) groups excluding carboxylic acids is 4. The number of nitrogens with one attached hydrogen (secondary N) is 2. The number of fused-ring (bicyclic) bond motifs is 6. The fourth-order valence-corrected chi connectivity index (χ4v) is 10.3. The second kappa shape index (κ2) is 17.4. The molecular weight excluding hydrogens is 773 g/mol. The van der Waals surface area contributed by atoms with Crippen molar-refractivity contribution in [1.29, 1.82) is 0 Å². The lowest BCUT2D eigenvalue weighted by Gasteiger charge is -2.38. The molecule has 14 nitrogen and oxygen atoms in total. The number of carbonyl (C=O) groups is 4. The lowest BCUT2D eigenvalue weighted by atomic mass is 9.84. The zero-order valence-electron chi connectivity index (χ0n) is 34.5. The quantitative estimate of drug-likeness (QED) is 0.203. The van der Waals surface area contributed by atoms with Gasteiger partial charge >= 0.3 is 5.97 Å². The van der Waals surface area contributed by atoms with Crippen LogP contribution in [0, 0.1) is 5.41 Å². The van der Waals surface area contributed by atoms with E-state index in [0.717, 1.165) is 56.2 Å². The van der Waals surface area contributed by atoms with Crippen LogP contribution in [0.1, 0.15) is 69.8 Å². The molecule has 3 aliphatic rings. The minimum atomic E-state index is -0.695. The molecule has 0 spiro atoms. The number of aryl methyl sites for hydroxylation is 1. The second-order valence-corrected chi connectivity index (χ2v) is 18.5. The SMILES string of the molecule is CCn1c(-c2cccnc2[C@H](C)OC)c2c3cc(ccc31)-c1csc(n1)C[C@H]([Si]NC(=O)[C@@H]1CN(C(C)=O)CCN1C)C(=O)N1CCC[C@H](N1)C(=O)OCC(C)(C)C2. The van der Waals surface area contributed by atoms with Gasteiger partial charge in [0, 0.05) is 92.2 Å². The minimum Gasteiger partial charge on any atom is -0.464 e. The van der Waals surface area contributed by atoms with Crippen LogP contribution < -0.4 is 10.4 Å². The number of piperazine rings is 1. The average Bonchev–Trinajstić information content (AvgIpc) is 3.82. The number of thiazole rings is 1. The number of hydrogen-bond donors (Lipinski definition) is 2. The standard InChI is InChI=1S/C42H54N8O6SSi/c1-8-49-33-14-13-27-19-29(33)30(38(49)28-11-9-15-43-37(28)25(2)55-7)21-42(4,5)24-56-41(54)31-12-10-16-50(45-31)40(53)35(20-36-44-32(27)23-57-36)58-46-39(52)34-22-48(26(3)51)18-17-47(34)6/h9,11,13-15,19,23,25,31,34-35,45H,8,10,12,16-18,20-22,24H2,1-7H3,(H,46,52)/t25-,31-,34-,35-/m0/s1. The van der Waals surface area contributed by atoms with Crippen LogP contribution >= 0.6 is 11.3 Å². The van der Waals surface area contributed by atoms with E-state index < -0.39 is 29.0 Å². The monoisotopic (exact) mass is 826 g/mol. The molecule has 6 bridgehead atoms. The van der Waals surface area contributed by atoms with Crippen molar-refractivity contribution in [3.63, 3.8) is 0 Å². The fraction of sp³-hybridized carbons (Fsp3) is 0.524. The highest BCUT2D eigenvalue weighted by Gasteiger charge is 2.37. The van der Waals surface area contributed by atoms with E-state index in [9.17, 15) is 19.2 Å². The van der Waals surface area contributed by atoms with Crippen molar-refractivity contribution < 1.29 is 28.7 Å². The summed E-state index contributed by atoms with van der Waals surface area (Å²) >= 11 is 1.49. The van der Waals surface area contributed by atoms with Gasteiger partial charge in [-0.25, -0.2) is 10.4 Å². The summed E-state index contributed by atoms with van der Waals surface area (Å²) < 4.78 is 14.2. The van der Waals surface area contributed by atoms with Gasteiger partial charge in [-0.3, -0.25) is 34.1 Å². The van der Waals surface area contributed by atoms with Crippen LogP contribution in [-0.2, 0) is 48.0 Å². The second-order valence-electron chi connectivity index (χ2n) is 16.4. The van der Waals surface area contributed by atoms with Gasteiger partial charge in [-0.1, -0.05) is 19.9 Å². The summed E-state index contributed by atoms with van der Waals surface area (Å²) in [5.74, 6) is -0.917. The van der Waals surface area contributed by atoms with Gasteiger partial charge < -0.3 is 23.9 Å². The number of esters is 1. The van der Waals surface area contributed by atoms with Crippen LogP contribution in [0.5, 0.6) is 0 Å². The molecule has 6 heterocycles. The van der Waals surface area contributed by atoms with Crippen LogP contribution in [-0.4, -0.2) is 122 Å². The number of pyridine rings is 1. The number of amides is 3. The molecule has 308 valence electrons. The Hall–Kier alpha value is -4.48. The zero-order valence-corrected chi connectivity index (χ0v) is 36.3. The molecule has 0 unspecified atom stereocenters. The van der Waals surface area contributed by atoms with Crippen molar-refractivity contribution in [3.8, 4) is 22.5 Å². The Labute approximate surface area is 346 Å². The largest absolute Gasteiger partial charge is 0.464 e. The van der Waals surface area contributed by atoms with Crippen molar-refractivity contribution in [1.82, 2.24) is 39.8 Å². The Morgan fingerprint density at radius 2 is 2.00 bits per heavy atom. The summed E-state index contributed by atoms with van der Waals surface area (Å²) in [6.45, 7) is 12.6. The number of aromatic nitrogens is 3. The molecule has 4 atom stereocenters. The number of methoxy groups -OCH3 is 1. The van der Waals surface area contributed by atoms with Gasteiger partial charge in [-0.05, 0) is 70.0 Å². The molecule has 1 aromatic carbocycles. The molecular formula is C42H54N8O6SSi. The molecule has 58 heavy (non-hydrogen) atoms. The van der Waals surface area contributed by atoms with Gasteiger partial charge in [-0.2, -0.15) is 0 Å². The maximum atomic E-state index is 14.3. The molecule has 4 aromatic rings. The number of ether oxygens (including phenoxy) is 2. The van der Waals surface area contributed by atoms with Crippen molar-refractivity contribution >= 4 is 55.6 Å². The summed E-state index contributed by atoms with van der Waals surface area (Å²) in [6, 6.07) is 9.30. The van der Waals surface area contributed by atoms with Gasteiger partial charge in [0.1, 0.15) is 12.1 Å². The van der Waals surface area contributed by atoms with Crippen molar-refractivity contribution in [3.05, 3.63) is 58.2 Å². The summed E-state index contributed by atoms with van der Waals surface area (Å²) in [5, 5.41) is 5.41. The third-order valence-corrected chi connectivity index (χ3v) is 13.7. The lowest BCUT2D eigenvalue weighted by molar-refractivity contribution is -0.154. The highest BCUT2D eigenvalue weighted by atomic mass is 32.1. The normalized spacial score (nSPS) is 22.4. The summed E-state index contributed by atoms with van der Waals surface area (Å²) in [6.07, 6.45) is 3.63. The number of hydrogen-bond acceptors (Lipinski definition) is 11. The molecule has 3 aliphatic heterocycles. The molecule has 2 fully saturated rings. The fourth-order valence-electron chi connectivity index (χ4n) is 8.25. The predicted octanol–water partition coefficient (Wildman–Crippen LogP) is 4.40. The van der Waals surface area contributed by atoms with Crippen molar-refractivity contribution in [2.45, 2.75) is 90.6 Å². The number of nitrogens with zero attached hydrogens (tertiary/aromatic N) is 6. The van der Waals surface area contributed by atoms with Crippen LogP contribution in [0.4, 0.5) is 0 Å². The van der Waals surface area contributed by atoms with Gasteiger partial charge in [0.2, 0.25) is 17.7 Å². The Balaban J connectivity index is 1.28. The van der Waals surface area contributed by atoms with Gasteiger partial charge in [0.15, 0.2) is 9.68 Å². The first-order valence-corrected chi connectivity index (χ1v) is 22.1. The summed E-state index contributed by atoms with van der Waals surface area (Å²) in [7, 11) is 3.31. The number of rotatable bonds is 7. The zero-order chi connectivity index (χ0) is 41.3. The third kappa shape index (κ3) is 8.62. The molecule has 0 aliphatic carbocycles. The highest BCUT2D eigenvalue weighted by Crippen LogP contribution is 2.42. The molecule has 2 N–H and O–H groups in total. The Morgan fingerprint density at radius 1 is 1.19 bits per heavy atom. The van der Waals surface area contributed by atoms with Crippen molar-refractivity contribution in [2.75, 3.05) is 46.9 Å². The molecule has 3 aromatic heterocycles. The van der Waals surface area contributed by atoms with E-state index in [0.29, 0.717) is 45.3 Å². The van der Waals surface area contributed by atoms with Gasteiger partial charge in [0.25, 0.3) is 0 Å². The molecule has 2 radical (unpaired) electrons. The molecule has 3 amide bonds. The Bertz CT molecular complexity index is 2190. The Kier molecular flexibility index (Phi) is 12.5. The maximum absolute atomic E-state index is 14.3. The number of likely N-dealkylation sites (N-methyl/N-ethyl adjacent to an activating group) is 1. The first kappa shape index (κ1) is 41.7. The number of cyclic esters (lactones) is 1. The average molecular weight is 827 g/mol. The van der Waals surface area contributed by atoms with E-state index in [-0.39, 0.29) is 46.7 Å². The van der Waals surface area contributed by atoms with Gasteiger partial charge in [-0.15, -0.1) is 11.3 Å². The number of benzene rings is 1. The topological polar surface area (TPSA) is 151 Å². The third-order valence-electron chi connectivity index (χ3n) is 11.6. The minimum absolute atomic E-state index is 0.0714. The van der Waals surface area contributed by atoms with Gasteiger partial charge in [0.05, 0.1) is 40.3 Å². The van der Waals surface area contributed by atoms with Crippen LogP contribution in [0.3, 0.4) is 0 Å². The maximum Gasteiger partial charge on any atom is 0.324 e. The lowest BCUT2D eigenvalue weighted by Crippen LogP contribution is -2.60. The van der Waals surface area contributed by atoms with Crippen molar-refractivity contribution in [2.24, 2.45) is 5.41 Å². The van der Waals surface area contributed by atoms with E-state index in [4.69, 9.17) is 19.4 Å². The highest BCUT2D eigenvalue weighted by molar-refractivity contribution is 7.10. The van der Waals surface area contributed by atoms with Crippen LogP contribution in [0.15, 0.2) is 41.9 Å². The van der Waals surface area contributed by atoms with Crippen LogP contribution in [0.25, 0.3) is 33.4 Å². The van der Waals surface area contributed by atoms with Crippen LogP contribution in [0.2, 0.25) is 5.54 Å². The van der Waals surface area contributed by atoms with E-state index in [1.165, 1.54) is 23.3 Å². The Morgan fingerprint density at radius 3 is 2.76 bits per heavy atom. The van der Waals surface area contributed by atoms with E-state index >= 15 is 0 Å². The molecule has 16 heteroatoms. The summed E-state index contributed by atoms with van der Waals surface area (Å²) in [4.78, 5) is 70.4. The van der Waals surface area contributed by atoms with E-state index in [2.05, 4.69) is 60.0 Å². The molecule has 0 saturated carbocycles. The summed E-state index contributed by atoms with van der Waals surface area (Å²) in [5.41, 5.74) is 8.97. The van der Waals surface area contributed by atoms with E-state index in [1.807, 2.05) is 30.3 Å². The van der Waals surface area contributed by atoms with E-state index in [1.54, 1.807) is 18.2 Å². The first-order valence-electron chi connectivity index (χ1n) is 20.1. The predicted molar refractivity (Wildman–Crippen MR) is 224 cm³/mol. The number of hydrazine groups is 1. The molecule has 7 rings (SSSR count).